The molecule has 0 N–H and O–H groups in total. The minimum Gasteiger partial charge on any atom is -0.488 e. The Hall–Kier alpha value is -2.33. The summed E-state index contributed by atoms with van der Waals surface area (Å²) in [6.07, 6.45) is 4.75. The molecule has 2 heterocycles. The number of hydrogen-bond donors (Lipinski definition) is 0. The first-order chi connectivity index (χ1) is 15.5. The average Bonchev–Trinajstić information content (AvgIpc) is 3.07. The van der Waals surface area contributed by atoms with E-state index >= 15 is 0 Å². The molecule has 8 heteroatoms. The Morgan fingerprint density at radius 1 is 1.06 bits per heavy atom. The van der Waals surface area contributed by atoms with Crippen molar-refractivity contribution in [3.8, 4) is 5.75 Å². The minimum atomic E-state index is -0.412. The van der Waals surface area contributed by atoms with Crippen LogP contribution in [0.4, 0.5) is 4.79 Å². The summed E-state index contributed by atoms with van der Waals surface area (Å²) >= 11 is 3.07. The number of hydrogen-bond acceptors (Lipinski definition) is 5. The molecule has 2 fully saturated rings. The maximum atomic E-state index is 12.8. The number of imide groups is 1. The van der Waals surface area contributed by atoms with E-state index in [-0.39, 0.29) is 12.5 Å². The second-order valence-electron chi connectivity index (χ2n) is 7.67. The number of carbonyl (C=O) groups excluding carboxylic acids is 3. The molecule has 3 amide bonds. The number of rotatable bonds is 6. The van der Waals surface area contributed by atoms with E-state index in [1.165, 1.54) is 0 Å². The monoisotopic (exact) mass is 562 g/mol. The van der Waals surface area contributed by atoms with Crippen LogP contribution in [0.25, 0.3) is 6.08 Å². The molecule has 2 aliphatic heterocycles. The summed E-state index contributed by atoms with van der Waals surface area (Å²) in [7, 11) is 0. The second-order valence-corrected chi connectivity index (χ2v) is 9.83. The highest BCUT2D eigenvalue weighted by atomic mass is 127. The van der Waals surface area contributed by atoms with Crippen molar-refractivity contribution < 1.29 is 19.1 Å². The molecule has 2 aromatic carbocycles. The predicted molar refractivity (Wildman–Crippen MR) is 133 cm³/mol. The molecular weight excluding hydrogens is 539 g/mol. The first-order valence-electron chi connectivity index (χ1n) is 10.5. The fraction of sp³-hybridized carbons (Fsp3) is 0.292. The number of likely N-dealkylation sites (tertiary alicyclic amines) is 1. The number of thioether (sulfide) groups is 1. The van der Waals surface area contributed by atoms with Crippen molar-refractivity contribution in [3.05, 3.63) is 68.1 Å². The molecule has 0 saturated carbocycles. The third-order valence-corrected chi connectivity index (χ3v) is 7.12. The first kappa shape index (κ1) is 22.8. The SMILES string of the molecule is O=C(CN1C(=O)S/C(=C\c2ccc(OCc3ccccc3)c(I)c2)C1=O)N1CCCCC1. The largest absolute Gasteiger partial charge is 0.488 e. The van der Waals surface area contributed by atoms with Crippen molar-refractivity contribution in [1.29, 1.82) is 0 Å². The zero-order valence-corrected chi connectivity index (χ0v) is 20.4. The summed E-state index contributed by atoms with van der Waals surface area (Å²) in [6.45, 7) is 1.68. The number of benzene rings is 2. The summed E-state index contributed by atoms with van der Waals surface area (Å²) in [5, 5.41) is -0.399. The molecular formula is C24H23IN2O4S. The van der Waals surface area contributed by atoms with Crippen LogP contribution in [0.3, 0.4) is 0 Å². The number of carbonyl (C=O) groups is 3. The molecule has 0 aliphatic carbocycles. The minimum absolute atomic E-state index is 0.164. The molecule has 2 aromatic rings. The first-order valence-corrected chi connectivity index (χ1v) is 12.4. The Labute approximate surface area is 205 Å². The van der Waals surface area contributed by atoms with E-state index in [4.69, 9.17) is 4.74 Å². The Bertz CT molecular complexity index is 1050. The molecule has 0 unspecified atom stereocenters. The number of piperidine rings is 1. The van der Waals surface area contributed by atoms with E-state index in [0.717, 1.165) is 56.4 Å². The van der Waals surface area contributed by atoms with Crippen molar-refractivity contribution in [2.75, 3.05) is 19.6 Å². The molecule has 32 heavy (non-hydrogen) atoms. The number of amides is 3. The van der Waals surface area contributed by atoms with Crippen LogP contribution in [-0.4, -0.2) is 46.5 Å². The molecule has 0 bridgehead atoms. The van der Waals surface area contributed by atoms with Crippen LogP contribution in [0.2, 0.25) is 0 Å². The van der Waals surface area contributed by atoms with Crippen LogP contribution in [0.1, 0.15) is 30.4 Å². The quantitative estimate of drug-likeness (QED) is 0.370. The van der Waals surface area contributed by atoms with Crippen LogP contribution in [0, 0.1) is 3.57 Å². The van der Waals surface area contributed by atoms with Crippen molar-refractivity contribution in [2.24, 2.45) is 0 Å². The van der Waals surface area contributed by atoms with Gasteiger partial charge in [-0.15, -0.1) is 0 Å². The van der Waals surface area contributed by atoms with Crippen LogP contribution < -0.4 is 4.74 Å². The Balaban J connectivity index is 1.40. The molecule has 6 nitrogen and oxygen atoms in total. The van der Waals surface area contributed by atoms with Gasteiger partial charge in [-0.1, -0.05) is 36.4 Å². The molecule has 4 rings (SSSR count). The summed E-state index contributed by atoms with van der Waals surface area (Å²) in [5.41, 5.74) is 1.88. The van der Waals surface area contributed by atoms with Crippen molar-refractivity contribution in [3.63, 3.8) is 0 Å². The Morgan fingerprint density at radius 2 is 1.81 bits per heavy atom. The summed E-state index contributed by atoms with van der Waals surface area (Å²) in [6, 6.07) is 15.6. The molecule has 2 saturated heterocycles. The maximum Gasteiger partial charge on any atom is 0.294 e. The van der Waals surface area contributed by atoms with E-state index in [1.54, 1.807) is 11.0 Å². The second kappa shape index (κ2) is 10.5. The molecule has 2 aliphatic rings. The van der Waals surface area contributed by atoms with Crippen molar-refractivity contribution >= 4 is 57.5 Å². The van der Waals surface area contributed by atoms with Gasteiger partial charge >= 0.3 is 0 Å². The van der Waals surface area contributed by atoms with Gasteiger partial charge < -0.3 is 9.64 Å². The van der Waals surface area contributed by atoms with E-state index < -0.39 is 11.1 Å². The summed E-state index contributed by atoms with van der Waals surface area (Å²) in [5.74, 6) is 0.180. The van der Waals surface area contributed by atoms with E-state index in [9.17, 15) is 14.4 Å². The van der Waals surface area contributed by atoms with Crippen LogP contribution in [-0.2, 0) is 16.2 Å². The zero-order chi connectivity index (χ0) is 22.5. The lowest BCUT2D eigenvalue weighted by Gasteiger charge is -2.27. The van der Waals surface area contributed by atoms with Gasteiger partial charge in [0.25, 0.3) is 11.1 Å². The van der Waals surface area contributed by atoms with Gasteiger partial charge in [-0.2, -0.15) is 0 Å². The van der Waals surface area contributed by atoms with Crippen LogP contribution in [0.5, 0.6) is 5.75 Å². The highest BCUT2D eigenvalue weighted by Gasteiger charge is 2.37. The van der Waals surface area contributed by atoms with Gasteiger partial charge in [-0.25, -0.2) is 0 Å². The third kappa shape index (κ3) is 5.53. The lowest BCUT2D eigenvalue weighted by Crippen LogP contribution is -2.44. The fourth-order valence-electron chi connectivity index (χ4n) is 3.63. The molecule has 0 radical (unpaired) electrons. The maximum absolute atomic E-state index is 12.8. The fourth-order valence-corrected chi connectivity index (χ4v) is 5.16. The predicted octanol–water partition coefficient (Wildman–Crippen LogP) is 4.92. The highest BCUT2D eigenvalue weighted by molar-refractivity contribution is 14.1. The Morgan fingerprint density at radius 3 is 2.53 bits per heavy atom. The van der Waals surface area contributed by atoms with Crippen LogP contribution >= 0.6 is 34.4 Å². The van der Waals surface area contributed by atoms with Gasteiger partial charge in [0.1, 0.15) is 18.9 Å². The standard InChI is InChI=1S/C24H23IN2O4S/c25-19-13-18(9-10-20(19)31-16-17-7-3-1-4-8-17)14-21-23(29)27(24(30)32-21)15-22(28)26-11-5-2-6-12-26/h1,3-4,7-10,13-14H,2,5-6,11-12,15-16H2/b21-14-. The lowest BCUT2D eigenvalue weighted by atomic mass is 10.1. The molecule has 0 spiro atoms. The van der Waals surface area contributed by atoms with Crippen molar-refractivity contribution in [2.45, 2.75) is 25.9 Å². The normalized spacial score (nSPS) is 17.8. The number of ether oxygens (including phenoxy) is 1. The summed E-state index contributed by atoms with van der Waals surface area (Å²) in [4.78, 5) is 40.8. The smallest absolute Gasteiger partial charge is 0.294 e. The Kier molecular flexibility index (Phi) is 7.51. The average molecular weight is 562 g/mol. The third-order valence-electron chi connectivity index (χ3n) is 5.37. The molecule has 0 aromatic heterocycles. The van der Waals surface area contributed by atoms with E-state index in [2.05, 4.69) is 22.6 Å². The lowest BCUT2D eigenvalue weighted by molar-refractivity contribution is -0.136. The van der Waals surface area contributed by atoms with Crippen LogP contribution in [0.15, 0.2) is 53.4 Å². The van der Waals surface area contributed by atoms with E-state index in [0.29, 0.717) is 24.6 Å². The zero-order valence-electron chi connectivity index (χ0n) is 17.5. The van der Waals surface area contributed by atoms with Gasteiger partial charge in [-0.3, -0.25) is 19.3 Å². The summed E-state index contributed by atoms with van der Waals surface area (Å²) < 4.78 is 6.81. The van der Waals surface area contributed by atoms with Gasteiger partial charge in [0.05, 0.1) is 8.48 Å². The molecule has 0 atom stereocenters. The van der Waals surface area contributed by atoms with Gasteiger partial charge in [0.15, 0.2) is 0 Å². The highest BCUT2D eigenvalue weighted by Crippen LogP contribution is 2.33. The number of nitrogens with zero attached hydrogens (tertiary/aromatic N) is 2. The van der Waals surface area contributed by atoms with Crippen molar-refractivity contribution in [1.82, 2.24) is 9.80 Å². The van der Waals surface area contributed by atoms with Gasteiger partial charge in [0, 0.05) is 13.1 Å². The molecule has 166 valence electrons. The van der Waals surface area contributed by atoms with E-state index in [1.807, 2.05) is 48.5 Å². The van der Waals surface area contributed by atoms with Gasteiger partial charge in [-0.05, 0) is 83.0 Å². The topological polar surface area (TPSA) is 66.9 Å². The van der Waals surface area contributed by atoms with Gasteiger partial charge in [0.2, 0.25) is 5.91 Å². The number of halogens is 1.